The number of nitrogens with zero attached hydrogens (tertiary/aromatic N) is 5. The number of aryl methyl sites for hydroxylation is 1. The molecular formula is C28H44ClN5O4. The summed E-state index contributed by atoms with van der Waals surface area (Å²) in [6, 6.07) is 6.05. The Hall–Kier alpha value is -1.91. The summed E-state index contributed by atoms with van der Waals surface area (Å²) in [6.45, 7) is 15.0. The van der Waals surface area contributed by atoms with Crippen LogP contribution in [0.2, 0.25) is 5.02 Å². The number of rotatable bonds is 8. The molecule has 0 aliphatic carbocycles. The number of hydrogen-bond donors (Lipinski definition) is 0. The zero-order valence-corrected chi connectivity index (χ0v) is 24.2. The van der Waals surface area contributed by atoms with Gasteiger partial charge in [0, 0.05) is 70.0 Å². The van der Waals surface area contributed by atoms with Crippen LogP contribution >= 0.6 is 11.6 Å². The van der Waals surface area contributed by atoms with E-state index in [2.05, 4.69) is 35.6 Å². The van der Waals surface area contributed by atoms with E-state index in [-0.39, 0.29) is 24.8 Å². The highest BCUT2D eigenvalue weighted by molar-refractivity contribution is 6.31. The summed E-state index contributed by atoms with van der Waals surface area (Å²) in [6.07, 6.45) is 0.181. The molecule has 2 amide bonds. The smallest absolute Gasteiger partial charge is 0.236 e. The van der Waals surface area contributed by atoms with E-state index in [9.17, 15) is 9.59 Å². The molecule has 1 aromatic rings. The summed E-state index contributed by atoms with van der Waals surface area (Å²) in [5, 5.41) is 0.678. The summed E-state index contributed by atoms with van der Waals surface area (Å²) in [4.78, 5) is 37.5. The average molecular weight is 550 g/mol. The first-order chi connectivity index (χ1) is 18.1. The third kappa shape index (κ3) is 7.60. The minimum absolute atomic E-state index is 0.0492. The molecule has 0 saturated carbocycles. The zero-order chi connectivity index (χ0) is 27.3. The molecule has 212 valence electrons. The van der Waals surface area contributed by atoms with Crippen molar-refractivity contribution in [2.45, 2.75) is 38.8 Å². The number of likely N-dealkylation sites (N-methyl/N-ethyl adjacent to an activating group) is 1. The van der Waals surface area contributed by atoms with E-state index in [1.165, 1.54) is 0 Å². The fourth-order valence-electron chi connectivity index (χ4n) is 5.40. The Bertz CT molecular complexity index is 963. The monoisotopic (exact) mass is 549 g/mol. The van der Waals surface area contributed by atoms with Crippen molar-refractivity contribution < 1.29 is 19.1 Å². The van der Waals surface area contributed by atoms with Gasteiger partial charge in [-0.15, -0.1) is 0 Å². The van der Waals surface area contributed by atoms with Gasteiger partial charge in [-0.1, -0.05) is 11.6 Å². The normalized spacial score (nSPS) is 24.2. The molecule has 10 heteroatoms. The first kappa shape index (κ1) is 29.1. The van der Waals surface area contributed by atoms with Crippen molar-refractivity contribution in [2.24, 2.45) is 0 Å². The predicted octanol–water partition coefficient (Wildman–Crippen LogP) is 1.81. The number of ether oxygens (including phenoxy) is 2. The molecule has 1 atom stereocenters. The SMILES string of the molecule is Cc1cc(OC[C@@]2(CC(=O)N3CCN(C)CC3)CN(C(=O)CN3CCN(C(C)C)CC3)CCO2)ccc1Cl. The minimum Gasteiger partial charge on any atom is -0.490 e. The number of morpholine rings is 1. The third-order valence-corrected chi connectivity index (χ3v) is 8.48. The quantitative estimate of drug-likeness (QED) is 0.490. The molecule has 0 radical (unpaired) electrons. The second-order valence-electron chi connectivity index (χ2n) is 11.3. The van der Waals surface area contributed by atoms with Crippen molar-refractivity contribution in [2.75, 3.05) is 92.3 Å². The lowest BCUT2D eigenvalue weighted by Crippen LogP contribution is -2.60. The molecule has 0 N–H and O–H groups in total. The van der Waals surface area contributed by atoms with Crippen LogP contribution in [0.1, 0.15) is 25.8 Å². The number of amides is 2. The van der Waals surface area contributed by atoms with Crippen molar-refractivity contribution in [1.82, 2.24) is 24.5 Å². The second kappa shape index (κ2) is 13.0. The van der Waals surface area contributed by atoms with E-state index in [1.54, 1.807) is 0 Å². The van der Waals surface area contributed by atoms with Gasteiger partial charge in [-0.05, 0) is 51.6 Å². The van der Waals surface area contributed by atoms with E-state index in [0.717, 1.165) is 44.8 Å². The number of carbonyl (C=O) groups is 2. The Morgan fingerprint density at radius 1 is 1.00 bits per heavy atom. The van der Waals surface area contributed by atoms with Crippen LogP contribution in [0.3, 0.4) is 0 Å². The second-order valence-corrected chi connectivity index (χ2v) is 11.7. The van der Waals surface area contributed by atoms with Gasteiger partial charge in [0.1, 0.15) is 18.0 Å². The van der Waals surface area contributed by atoms with Crippen LogP contribution in [0.25, 0.3) is 0 Å². The molecule has 38 heavy (non-hydrogen) atoms. The van der Waals surface area contributed by atoms with Crippen LogP contribution in [-0.4, -0.2) is 140 Å². The van der Waals surface area contributed by atoms with Crippen molar-refractivity contribution in [3.8, 4) is 5.75 Å². The van der Waals surface area contributed by atoms with Crippen molar-refractivity contribution >= 4 is 23.4 Å². The fourth-order valence-corrected chi connectivity index (χ4v) is 5.51. The summed E-state index contributed by atoms with van der Waals surface area (Å²) in [5.41, 5.74) is 0.0174. The molecule has 9 nitrogen and oxygen atoms in total. The molecule has 3 heterocycles. The summed E-state index contributed by atoms with van der Waals surface area (Å²) in [7, 11) is 2.07. The van der Waals surface area contributed by atoms with Crippen LogP contribution in [0.5, 0.6) is 5.75 Å². The van der Waals surface area contributed by atoms with E-state index < -0.39 is 5.60 Å². The van der Waals surface area contributed by atoms with E-state index in [4.69, 9.17) is 21.1 Å². The summed E-state index contributed by atoms with van der Waals surface area (Å²) >= 11 is 6.19. The Labute approximate surface area is 232 Å². The first-order valence-corrected chi connectivity index (χ1v) is 14.3. The van der Waals surface area contributed by atoms with Gasteiger partial charge in [-0.25, -0.2) is 0 Å². The Morgan fingerprint density at radius 3 is 2.37 bits per heavy atom. The van der Waals surface area contributed by atoms with E-state index >= 15 is 0 Å². The number of carbonyl (C=O) groups excluding carboxylic acids is 2. The standard InChI is InChI=1S/C28H44ClN5O4/c1-22(2)32-13-9-31(10-14-32)19-27(36)34-15-16-38-28(20-34,18-26(35)33-11-7-30(4)8-12-33)21-37-24-5-6-25(29)23(3)17-24/h5-6,17,22H,7-16,18-21H2,1-4H3/t28-/m1/s1. The predicted molar refractivity (Wildman–Crippen MR) is 149 cm³/mol. The molecule has 1 aromatic carbocycles. The molecule has 0 unspecified atom stereocenters. The van der Waals surface area contributed by atoms with Crippen LogP contribution < -0.4 is 4.74 Å². The lowest BCUT2D eigenvalue weighted by Gasteiger charge is -2.44. The number of benzene rings is 1. The Balaban J connectivity index is 1.43. The largest absolute Gasteiger partial charge is 0.490 e. The molecule has 3 aliphatic heterocycles. The lowest BCUT2D eigenvalue weighted by molar-refractivity contribution is -0.167. The lowest BCUT2D eigenvalue weighted by atomic mass is 9.96. The maximum Gasteiger partial charge on any atom is 0.236 e. The van der Waals surface area contributed by atoms with Gasteiger partial charge in [-0.2, -0.15) is 0 Å². The minimum atomic E-state index is -0.905. The highest BCUT2D eigenvalue weighted by atomic mass is 35.5. The first-order valence-electron chi connectivity index (χ1n) is 13.9. The molecule has 0 bridgehead atoms. The zero-order valence-electron chi connectivity index (χ0n) is 23.5. The Kier molecular flexibility index (Phi) is 9.92. The number of halogens is 1. The molecule has 3 saturated heterocycles. The van der Waals surface area contributed by atoms with Gasteiger partial charge >= 0.3 is 0 Å². The van der Waals surface area contributed by atoms with Gasteiger partial charge in [0.2, 0.25) is 11.8 Å². The van der Waals surface area contributed by atoms with Crippen LogP contribution in [0.15, 0.2) is 18.2 Å². The van der Waals surface area contributed by atoms with Crippen molar-refractivity contribution in [1.29, 1.82) is 0 Å². The summed E-state index contributed by atoms with van der Waals surface area (Å²) < 4.78 is 12.5. The van der Waals surface area contributed by atoms with Gasteiger partial charge in [0.25, 0.3) is 0 Å². The highest BCUT2D eigenvalue weighted by Gasteiger charge is 2.42. The van der Waals surface area contributed by atoms with Crippen molar-refractivity contribution in [3.05, 3.63) is 28.8 Å². The van der Waals surface area contributed by atoms with Crippen LogP contribution in [-0.2, 0) is 14.3 Å². The Morgan fingerprint density at radius 2 is 1.71 bits per heavy atom. The highest BCUT2D eigenvalue weighted by Crippen LogP contribution is 2.27. The van der Waals surface area contributed by atoms with Crippen molar-refractivity contribution in [3.63, 3.8) is 0 Å². The van der Waals surface area contributed by atoms with Gasteiger partial charge in [0.05, 0.1) is 26.1 Å². The van der Waals surface area contributed by atoms with Crippen LogP contribution in [0, 0.1) is 6.92 Å². The maximum atomic E-state index is 13.4. The summed E-state index contributed by atoms with van der Waals surface area (Å²) in [5.74, 6) is 0.812. The molecule has 3 fully saturated rings. The molecule has 4 rings (SSSR count). The van der Waals surface area contributed by atoms with Gasteiger partial charge in [0.15, 0.2) is 0 Å². The van der Waals surface area contributed by atoms with Gasteiger partial charge in [-0.3, -0.25) is 19.4 Å². The molecule has 3 aliphatic rings. The van der Waals surface area contributed by atoms with Crippen LogP contribution in [0.4, 0.5) is 0 Å². The molecular weight excluding hydrogens is 506 g/mol. The van der Waals surface area contributed by atoms with E-state index in [0.29, 0.717) is 56.1 Å². The third-order valence-electron chi connectivity index (χ3n) is 8.06. The average Bonchev–Trinajstić information content (AvgIpc) is 2.90. The van der Waals surface area contributed by atoms with E-state index in [1.807, 2.05) is 34.9 Å². The number of hydrogen-bond acceptors (Lipinski definition) is 7. The fraction of sp³-hybridized carbons (Fsp3) is 0.714. The van der Waals surface area contributed by atoms with Gasteiger partial charge < -0.3 is 24.2 Å². The maximum absolute atomic E-state index is 13.4. The number of piperazine rings is 2. The topological polar surface area (TPSA) is 68.8 Å². The molecule has 0 aromatic heterocycles. The molecule has 0 spiro atoms.